The number of aryl methyl sites for hydroxylation is 1. The lowest BCUT2D eigenvalue weighted by molar-refractivity contribution is -0.116. The average molecular weight is 374 g/mol. The maximum atomic E-state index is 12.2. The van der Waals surface area contributed by atoms with E-state index < -0.39 is 0 Å². The summed E-state index contributed by atoms with van der Waals surface area (Å²) in [7, 11) is 0. The molecule has 5 heteroatoms. The van der Waals surface area contributed by atoms with Gasteiger partial charge in [-0.2, -0.15) is 0 Å². The molecule has 0 unspecified atom stereocenters. The number of amides is 2. The van der Waals surface area contributed by atoms with Crippen LogP contribution in [0, 0.1) is 6.92 Å². The van der Waals surface area contributed by atoms with Crippen molar-refractivity contribution in [2.24, 2.45) is 0 Å². The van der Waals surface area contributed by atoms with Gasteiger partial charge in [-0.15, -0.1) is 0 Å². The van der Waals surface area contributed by atoms with Crippen molar-refractivity contribution in [1.29, 1.82) is 0 Å². The van der Waals surface area contributed by atoms with Crippen molar-refractivity contribution in [1.82, 2.24) is 5.32 Å². The summed E-state index contributed by atoms with van der Waals surface area (Å²) in [5, 5.41) is 5.60. The number of ether oxygens (including phenoxy) is 1. The lowest BCUT2D eigenvalue weighted by Gasteiger charge is -2.10. The van der Waals surface area contributed by atoms with Gasteiger partial charge < -0.3 is 15.4 Å². The summed E-state index contributed by atoms with van der Waals surface area (Å²) < 4.78 is 5.77. The van der Waals surface area contributed by atoms with E-state index in [1.807, 2.05) is 67.6 Å². The fourth-order valence-electron chi connectivity index (χ4n) is 2.70. The van der Waals surface area contributed by atoms with Crippen molar-refractivity contribution in [2.45, 2.75) is 13.3 Å². The quantitative estimate of drug-likeness (QED) is 0.638. The third-order valence-electron chi connectivity index (χ3n) is 4.12. The molecule has 0 aliphatic heterocycles. The summed E-state index contributed by atoms with van der Waals surface area (Å²) in [4.78, 5) is 24.3. The smallest absolute Gasteiger partial charge is 0.251 e. The van der Waals surface area contributed by atoms with Gasteiger partial charge in [0.2, 0.25) is 5.91 Å². The highest BCUT2D eigenvalue weighted by atomic mass is 16.5. The largest absolute Gasteiger partial charge is 0.457 e. The predicted molar refractivity (Wildman–Crippen MR) is 110 cm³/mol. The van der Waals surface area contributed by atoms with E-state index in [1.165, 1.54) is 0 Å². The van der Waals surface area contributed by atoms with Crippen LogP contribution in [0.1, 0.15) is 22.3 Å². The topological polar surface area (TPSA) is 67.4 Å². The van der Waals surface area contributed by atoms with Crippen LogP contribution < -0.4 is 15.4 Å². The number of hydrogen-bond donors (Lipinski definition) is 2. The maximum absolute atomic E-state index is 12.2. The Morgan fingerprint density at radius 2 is 1.57 bits per heavy atom. The van der Waals surface area contributed by atoms with Crippen molar-refractivity contribution in [3.05, 3.63) is 90.0 Å². The molecule has 3 aromatic carbocycles. The molecular weight excluding hydrogens is 352 g/mol. The summed E-state index contributed by atoms with van der Waals surface area (Å²) in [5.74, 6) is 1.01. The Hall–Kier alpha value is -3.60. The molecule has 0 saturated carbocycles. The van der Waals surface area contributed by atoms with Gasteiger partial charge in [-0.05, 0) is 42.8 Å². The van der Waals surface area contributed by atoms with Crippen LogP contribution in [0.4, 0.5) is 5.69 Å². The van der Waals surface area contributed by atoms with E-state index in [1.54, 1.807) is 18.2 Å². The highest BCUT2D eigenvalue weighted by Crippen LogP contribution is 2.23. The SMILES string of the molecule is Cc1ccccc1C(=O)NCCC(=O)Nc1cccc(Oc2ccccc2)c1. The second kappa shape index (κ2) is 9.37. The van der Waals surface area contributed by atoms with Crippen LogP contribution in [0.5, 0.6) is 11.5 Å². The van der Waals surface area contributed by atoms with Crippen LogP contribution in [0.25, 0.3) is 0 Å². The Labute approximate surface area is 164 Å². The van der Waals surface area contributed by atoms with E-state index in [0.717, 1.165) is 11.3 Å². The van der Waals surface area contributed by atoms with Crippen molar-refractivity contribution >= 4 is 17.5 Å². The molecule has 0 bridgehead atoms. The molecule has 0 fully saturated rings. The molecule has 142 valence electrons. The molecule has 5 nitrogen and oxygen atoms in total. The molecule has 0 aliphatic rings. The zero-order valence-electron chi connectivity index (χ0n) is 15.6. The number of para-hydroxylation sites is 1. The average Bonchev–Trinajstić information content (AvgIpc) is 2.69. The van der Waals surface area contributed by atoms with Gasteiger partial charge in [0.15, 0.2) is 0 Å². The zero-order chi connectivity index (χ0) is 19.8. The molecule has 0 spiro atoms. The lowest BCUT2D eigenvalue weighted by atomic mass is 10.1. The Morgan fingerprint density at radius 1 is 0.857 bits per heavy atom. The third kappa shape index (κ3) is 5.45. The fourth-order valence-corrected chi connectivity index (χ4v) is 2.70. The van der Waals surface area contributed by atoms with Gasteiger partial charge in [0.05, 0.1) is 0 Å². The highest BCUT2D eigenvalue weighted by molar-refractivity contribution is 5.96. The van der Waals surface area contributed by atoms with E-state index in [0.29, 0.717) is 17.0 Å². The first-order chi connectivity index (χ1) is 13.6. The Bertz CT molecular complexity index is 955. The van der Waals surface area contributed by atoms with Gasteiger partial charge in [0.25, 0.3) is 5.91 Å². The first-order valence-corrected chi connectivity index (χ1v) is 9.08. The number of carbonyl (C=O) groups is 2. The molecule has 0 radical (unpaired) electrons. The standard InChI is InChI=1S/C23H22N2O3/c1-17-8-5-6-13-21(17)23(27)24-15-14-22(26)25-18-9-7-12-20(16-18)28-19-10-3-2-4-11-19/h2-13,16H,14-15H2,1H3,(H,24,27)(H,25,26). The third-order valence-corrected chi connectivity index (χ3v) is 4.12. The van der Waals surface area contributed by atoms with Gasteiger partial charge in [-0.3, -0.25) is 9.59 Å². The molecule has 3 rings (SSSR count). The number of anilines is 1. The molecule has 0 atom stereocenters. The number of rotatable bonds is 7. The minimum absolute atomic E-state index is 0.177. The zero-order valence-corrected chi connectivity index (χ0v) is 15.6. The monoisotopic (exact) mass is 374 g/mol. The minimum atomic E-state index is -0.179. The highest BCUT2D eigenvalue weighted by Gasteiger charge is 2.09. The molecule has 0 aliphatic carbocycles. The van der Waals surface area contributed by atoms with E-state index >= 15 is 0 Å². The van der Waals surface area contributed by atoms with Gasteiger partial charge in [-0.25, -0.2) is 0 Å². The molecule has 2 amide bonds. The summed E-state index contributed by atoms with van der Waals surface area (Å²) in [6, 6.07) is 24.0. The number of benzene rings is 3. The predicted octanol–water partition coefficient (Wildman–Crippen LogP) is 4.55. The summed E-state index contributed by atoms with van der Waals surface area (Å²) in [6.07, 6.45) is 0.182. The number of carbonyl (C=O) groups excluding carboxylic acids is 2. The summed E-state index contributed by atoms with van der Waals surface area (Å²) in [6.45, 7) is 2.14. The van der Waals surface area contributed by atoms with Crippen molar-refractivity contribution in [3.8, 4) is 11.5 Å². The molecule has 0 saturated heterocycles. The first-order valence-electron chi connectivity index (χ1n) is 9.08. The van der Waals surface area contributed by atoms with E-state index in [-0.39, 0.29) is 24.8 Å². The summed E-state index contributed by atoms with van der Waals surface area (Å²) >= 11 is 0. The van der Waals surface area contributed by atoms with Crippen LogP contribution >= 0.6 is 0 Å². The van der Waals surface area contributed by atoms with Crippen molar-refractivity contribution in [2.75, 3.05) is 11.9 Å². The fraction of sp³-hybridized carbons (Fsp3) is 0.130. The van der Waals surface area contributed by atoms with Crippen LogP contribution in [0.15, 0.2) is 78.9 Å². The molecule has 28 heavy (non-hydrogen) atoms. The van der Waals surface area contributed by atoms with Gasteiger partial charge >= 0.3 is 0 Å². The molecule has 0 heterocycles. The van der Waals surface area contributed by atoms with Gasteiger partial charge in [0, 0.05) is 30.3 Å². The second-order valence-electron chi connectivity index (χ2n) is 6.31. The minimum Gasteiger partial charge on any atom is -0.457 e. The summed E-state index contributed by atoms with van der Waals surface area (Å²) in [5.41, 5.74) is 2.16. The molecule has 2 N–H and O–H groups in total. The van der Waals surface area contributed by atoms with E-state index in [4.69, 9.17) is 4.74 Å². The van der Waals surface area contributed by atoms with Crippen LogP contribution in [0.3, 0.4) is 0 Å². The Kier molecular flexibility index (Phi) is 6.41. The Morgan fingerprint density at radius 3 is 2.36 bits per heavy atom. The molecule has 0 aromatic heterocycles. The Balaban J connectivity index is 1.49. The number of nitrogens with one attached hydrogen (secondary N) is 2. The first kappa shape index (κ1) is 19.2. The van der Waals surface area contributed by atoms with E-state index in [9.17, 15) is 9.59 Å². The van der Waals surface area contributed by atoms with E-state index in [2.05, 4.69) is 10.6 Å². The van der Waals surface area contributed by atoms with Crippen molar-refractivity contribution < 1.29 is 14.3 Å². The van der Waals surface area contributed by atoms with Crippen LogP contribution in [0.2, 0.25) is 0 Å². The van der Waals surface area contributed by atoms with Crippen LogP contribution in [-0.2, 0) is 4.79 Å². The normalized spacial score (nSPS) is 10.2. The lowest BCUT2D eigenvalue weighted by Crippen LogP contribution is -2.28. The second-order valence-corrected chi connectivity index (χ2v) is 6.31. The van der Waals surface area contributed by atoms with Crippen molar-refractivity contribution in [3.63, 3.8) is 0 Å². The van der Waals surface area contributed by atoms with Crippen LogP contribution in [-0.4, -0.2) is 18.4 Å². The maximum Gasteiger partial charge on any atom is 0.251 e. The van der Waals surface area contributed by atoms with Gasteiger partial charge in [-0.1, -0.05) is 42.5 Å². The number of hydrogen-bond acceptors (Lipinski definition) is 3. The van der Waals surface area contributed by atoms with Gasteiger partial charge in [0.1, 0.15) is 11.5 Å². The molecule has 3 aromatic rings. The molecular formula is C23H22N2O3.